The summed E-state index contributed by atoms with van der Waals surface area (Å²) in [6.07, 6.45) is 0. The molecule has 0 aliphatic heterocycles. The zero-order valence-corrected chi connectivity index (χ0v) is 12.7. The van der Waals surface area contributed by atoms with Gasteiger partial charge in [0.2, 0.25) is 0 Å². The summed E-state index contributed by atoms with van der Waals surface area (Å²) >= 11 is 2.02. The highest BCUT2D eigenvalue weighted by atomic mass is 32.2. The van der Waals surface area contributed by atoms with Crippen LogP contribution in [0.5, 0.6) is 0 Å². The fraction of sp³-hybridized carbons (Fsp3) is 0.600. The summed E-state index contributed by atoms with van der Waals surface area (Å²) in [5.41, 5.74) is 1.43. The maximum Gasteiger partial charge on any atom is 0.0185 e. The van der Waals surface area contributed by atoms with Crippen LogP contribution in [0.4, 0.5) is 0 Å². The van der Waals surface area contributed by atoms with Gasteiger partial charge in [-0.25, -0.2) is 0 Å². The summed E-state index contributed by atoms with van der Waals surface area (Å²) < 4.78 is 0. The zero-order chi connectivity index (χ0) is 13.2. The first kappa shape index (κ1) is 15.5. The molecule has 0 aliphatic rings. The number of hydrogen-bond donors (Lipinski definition) is 0. The Balaban J connectivity index is 2.03. The zero-order valence-electron chi connectivity index (χ0n) is 11.9. The van der Waals surface area contributed by atoms with Gasteiger partial charge < -0.3 is 9.80 Å². The predicted octanol–water partition coefficient (Wildman–Crippen LogP) is 2.80. The van der Waals surface area contributed by atoms with E-state index in [1.807, 2.05) is 11.8 Å². The molecule has 0 unspecified atom stereocenters. The minimum Gasteiger partial charge on any atom is -0.305 e. The van der Waals surface area contributed by atoms with Gasteiger partial charge in [0.15, 0.2) is 0 Å². The van der Waals surface area contributed by atoms with E-state index < -0.39 is 0 Å². The minimum atomic E-state index is 1.13. The molecule has 102 valence electrons. The lowest BCUT2D eigenvalue weighted by Gasteiger charge is -2.20. The molecule has 0 radical (unpaired) electrons. The molecule has 0 aliphatic carbocycles. The highest BCUT2D eigenvalue weighted by Crippen LogP contribution is 2.11. The second-order valence-electron chi connectivity index (χ2n) is 4.74. The predicted molar refractivity (Wildman–Crippen MR) is 83.3 cm³/mol. The number of rotatable bonds is 9. The smallest absolute Gasteiger partial charge is 0.0185 e. The molecule has 1 aromatic carbocycles. The molecule has 0 spiro atoms. The minimum absolute atomic E-state index is 1.13. The molecule has 0 amide bonds. The molecule has 0 aromatic heterocycles. The number of hydrogen-bond acceptors (Lipinski definition) is 3. The number of nitrogens with zero attached hydrogens (tertiary/aromatic N) is 2. The molecule has 0 N–H and O–H groups in total. The lowest BCUT2D eigenvalue weighted by Crippen LogP contribution is -2.31. The maximum atomic E-state index is 2.42. The molecule has 0 saturated heterocycles. The van der Waals surface area contributed by atoms with Crippen molar-refractivity contribution in [2.45, 2.75) is 12.7 Å². The first-order chi connectivity index (χ1) is 8.72. The number of benzene rings is 1. The van der Waals surface area contributed by atoms with E-state index in [1.165, 1.54) is 17.9 Å². The van der Waals surface area contributed by atoms with E-state index in [9.17, 15) is 0 Å². The van der Waals surface area contributed by atoms with Crippen molar-refractivity contribution in [1.29, 1.82) is 0 Å². The van der Waals surface area contributed by atoms with E-state index in [0.29, 0.717) is 0 Å². The Morgan fingerprint density at radius 3 is 2.28 bits per heavy atom. The van der Waals surface area contributed by atoms with Gasteiger partial charge in [-0.3, -0.25) is 0 Å². The average Bonchev–Trinajstić information content (AvgIpc) is 2.42. The molecule has 3 heteroatoms. The summed E-state index contributed by atoms with van der Waals surface area (Å²) in [6.45, 7) is 6.84. The van der Waals surface area contributed by atoms with Gasteiger partial charge in [0.1, 0.15) is 0 Å². The van der Waals surface area contributed by atoms with E-state index in [0.717, 1.165) is 25.4 Å². The van der Waals surface area contributed by atoms with Crippen LogP contribution in [-0.4, -0.2) is 55.8 Å². The highest BCUT2D eigenvalue weighted by Gasteiger charge is 2.00. The fourth-order valence-corrected chi connectivity index (χ4v) is 2.61. The molecule has 0 bridgehead atoms. The fourth-order valence-electron chi connectivity index (χ4n) is 1.60. The first-order valence-electron chi connectivity index (χ1n) is 6.71. The van der Waals surface area contributed by atoms with Crippen LogP contribution in [0.25, 0.3) is 0 Å². The van der Waals surface area contributed by atoms with Crippen molar-refractivity contribution in [1.82, 2.24) is 9.80 Å². The summed E-state index contributed by atoms with van der Waals surface area (Å²) in [5, 5.41) is 0. The summed E-state index contributed by atoms with van der Waals surface area (Å²) in [4.78, 5) is 4.78. The first-order valence-corrected chi connectivity index (χ1v) is 7.86. The van der Waals surface area contributed by atoms with E-state index in [2.05, 4.69) is 61.2 Å². The van der Waals surface area contributed by atoms with E-state index in [4.69, 9.17) is 0 Å². The van der Waals surface area contributed by atoms with Crippen LogP contribution >= 0.6 is 11.8 Å². The van der Waals surface area contributed by atoms with Crippen LogP contribution in [0, 0.1) is 0 Å². The van der Waals surface area contributed by atoms with E-state index in [-0.39, 0.29) is 0 Å². The maximum absolute atomic E-state index is 2.42. The van der Waals surface area contributed by atoms with Gasteiger partial charge in [-0.1, -0.05) is 37.3 Å². The third-order valence-electron chi connectivity index (χ3n) is 3.13. The van der Waals surface area contributed by atoms with Crippen molar-refractivity contribution < 1.29 is 0 Å². The molecule has 0 fully saturated rings. The van der Waals surface area contributed by atoms with Gasteiger partial charge in [0.05, 0.1) is 0 Å². The third-order valence-corrected chi connectivity index (χ3v) is 4.14. The SMILES string of the molecule is CCN(C)CCN(C)CCSCc1ccccc1. The van der Waals surface area contributed by atoms with Crippen molar-refractivity contribution in [3.05, 3.63) is 35.9 Å². The number of thioether (sulfide) groups is 1. The quantitative estimate of drug-likeness (QED) is 0.635. The Hall–Kier alpha value is -0.510. The Morgan fingerprint density at radius 2 is 1.61 bits per heavy atom. The second kappa shape index (κ2) is 9.42. The summed E-state index contributed by atoms with van der Waals surface area (Å²) in [7, 11) is 4.39. The lowest BCUT2D eigenvalue weighted by molar-refractivity contribution is 0.273. The normalized spacial score (nSPS) is 11.4. The van der Waals surface area contributed by atoms with Gasteiger partial charge in [-0.2, -0.15) is 11.8 Å². The molecular formula is C15H26N2S. The van der Waals surface area contributed by atoms with Crippen LogP contribution in [0.3, 0.4) is 0 Å². The topological polar surface area (TPSA) is 6.48 Å². The molecule has 1 rings (SSSR count). The van der Waals surface area contributed by atoms with Gasteiger partial charge >= 0.3 is 0 Å². The van der Waals surface area contributed by atoms with Crippen molar-refractivity contribution in [3.8, 4) is 0 Å². The van der Waals surface area contributed by atoms with Gasteiger partial charge in [-0.05, 0) is 26.2 Å². The third kappa shape index (κ3) is 7.04. The molecule has 1 aromatic rings. The molecule has 2 nitrogen and oxygen atoms in total. The Bertz CT molecular complexity index is 303. The summed E-state index contributed by atoms with van der Waals surface area (Å²) in [5.74, 6) is 2.34. The molecular weight excluding hydrogens is 240 g/mol. The van der Waals surface area contributed by atoms with E-state index >= 15 is 0 Å². The number of likely N-dealkylation sites (N-methyl/N-ethyl adjacent to an activating group) is 2. The second-order valence-corrected chi connectivity index (χ2v) is 5.84. The van der Waals surface area contributed by atoms with Crippen LogP contribution < -0.4 is 0 Å². The van der Waals surface area contributed by atoms with Crippen molar-refractivity contribution in [2.75, 3.05) is 46.0 Å². The summed E-state index contributed by atoms with van der Waals surface area (Å²) in [6, 6.07) is 10.7. The van der Waals surface area contributed by atoms with Crippen molar-refractivity contribution >= 4 is 11.8 Å². The van der Waals surface area contributed by atoms with Gasteiger partial charge in [0.25, 0.3) is 0 Å². The molecule has 18 heavy (non-hydrogen) atoms. The molecule has 0 atom stereocenters. The van der Waals surface area contributed by atoms with Gasteiger partial charge in [-0.15, -0.1) is 0 Å². The van der Waals surface area contributed by atoms with Crippen LogP contribution in [0.1, 0.15) is 12.5 Å². The van der Waals surface area contributed by atoms with Crippen LogP contribution in [0.15, 0.2) is 30.3 Å². The van der Waals surface area contributed by atoms with Crippen molar-refractivity contribution in [2.24, 2.45) is 0 Å². The standard InChI is InChI=1S/C15H26N2S/c1-4-16(2)10-11-17(3)12-13-18-14-15-8-6-5-7-9-15/h5-9H,4,10-14H2,1-3H3. The van der Waals surface area contributed by atoms with E-state index in [1.54, 1.807) is 0 Å². The average molecular weight is 266 g/mol. The van der Waals surface area contributed by atoms with Gasteiger partial charge in [0, 0.05) is 31.1 Å². The van der Waals surface area contributed by atoms with Crippen molar-refractivity contribution in [3.63, 3.8) is 0 Å². The van der Waals surface area contributed by atoms with Crippen LogP contribution in [0.2, 0.25) is 0 Å². The Labute approximate surface area is 116 Å². The van der Waals surface area contributed by atoms with Crippen LogP contribution in [-0.2, 0) is 5.75 Å². The molecule has 0 heterocycles. The highest BCUT2D eigenvalue weighted by molar-refractivity contribution is 7.98. The Morgan fingerprint density at radius 1 is 0.944 bits per heavy atom. The largest absolute Gasteiger partial charge is 0.305 e. The molecule has 0 saturated carbocycles. The Kier molecular flexibility index (Phi) is 8.14. The monoisotopic (exact) mass is 266 g/mol. The lowest BCUT2D eigenvalue weighted by atomic mass is 10.2.